The minimum Gasteiger partial charge on any atom is -0.394 e. The number of ether oxygens (including phenoxy) is 1. The van der Waals surface area contributed by atoms with E-state index in [9.17, 15) is 4.79 Å². The monoisotopic (exact) mass is 214 g/mol. The van der Waals surface area contributed by atoms with Gasteiger partial charge in [-0.2, -0.15) is 0 Å². The Kier molecular flexibility index (Phi) is 3.56. The molecule has 2 unspecified atom stereocenters. The van der Waals surface area contributed by atoms with Crippen molar-refractivity contribution in [2.45, 2.75) is 25.0 Å². The minimum atomic E-state index is -0.417. The standard InChI is InChI=1S/C10H18N2O3/c13-7-9-10(14)12(4-3-11-9)6-8-2-1-5-15-8/h8-9,11,13H,1-7H2. The minimum absolute atomic E-state index is 0.000694. The van der Waals surface area contributed by atoms with E-state index in [1.165, 1.54) is 0 Å². The van der Waals surface area contributed by atoms with E-state index in [0.717, 1.165) is 32.5 Å². The Morgan fingerprint density at radius 3 is 3.13 bits per heavy atom. The molecule has 2 aliphatic heterocycles. The molecule has 0 aromatic carbocycles. The second-order valence-electron chi connectivity index (χ2n) is 4.11. The molecule has 0 saturated carbocycles. The first-order valence-electron chi connectivity index (χ1n) is 5.56. The van der Waals surface area contributed by atoms with Gasteiger partial charge < -0.3 is 20.1 Å². The highest BCUT2D eigenvalue weighted by molar-refractivity contribution is 5.82. The molecule has 2 saturated heterocycles. The van der Waals surface area contributed by atoms with Gasteiger partial charge in [0.15, 0.2) is 0 Å². The number of carbonyl (C=O) groups excluding carboxylic acids is 1. The van der Waals surface area contributed by atoms with Gasteiger partial charge in [-0.1, -0.05) is 0 Å². The van der Waals surface area contributed by atoms with Crippen LogP contribution in [0.2, 0.25) is 0 Å². The van der Waals surface area contributed by atoms with Gasteiger partial charge >= 0.3 is 0 Å². The number of hydrogen-bond acceptors (Lipinski definition) is 4. The molecule has 0 aromatic heterocycles. The third kappa shape index (κ3) is 2.48. The van der Waals surface area contributed by atoms with E-state index in [4.69, 9.17) is 9.84 Å². The van der Waals surface area contributed by atoms with E-state index in [-0.39, 0.29) is 18.6 Å². The molecule has 2 heterocycles. The van der Waals surface area contributed by atoms with Crippen molar-refractivity contribution in [3.05, 3.63) is 0 Å². The second-order valence-corrected chi connectivity index (χ2v) is 4.11. The molecule has 1 amide bonds. The van der Waals surface area contributed by atoms with Crippen LogP contribution in [0.3, 0.4) is 0 Å². The SMILES string of the molecule is O=C1C(CO)NCCN1CC1CCCO1. The van der Waals surface area contributed by atoms with Crippen LogP contribution in [0.1, 0.15) is 12.8 Å². The molecule has 15 heavy (non-hydrogen) atoms. The third-order valence-corrected chi connectivity index (χ3v) is 3.01. The molecule has 2 rings (SSSR count). The lowest BCUT2D eigenvalue weighted by Gasteiger charge is -2.33. The molecule has 2 atom stereocenters. The lowest BCUT2D eigenvalue weighted by molar-refractivity contribution is -0.138. The summed E-state index contributed by atoms with van der Waals surface area (Å²) in [7, 11) is 0. The van der Waals surface area contributed by atoms with Crippen LogP contribution in [0, 0.1) is 0 Å². The summed E-state index contributed by atoms with van der Waals surface area (Å²) in [5.74, 6) is -0.000694. The van der Waals surface area contributed by atoms with Gasteiger partial charge in [-0.05, 0) is 12.8 Å². The number of aliphatic hydroxyl groups is 1. The zero-order chi connectivity index (χ0) is 10.7. The van der Waals surface area contributed by atoms with E-state index in [0.29, 0.717) is 6.54 Å². The maximum atomic E-state index is 11.8. The number of aliphatic hydroxyl groups excluding tert-OH is 1. The van der Waals surface area contributed by atoms with Crippen LogP contribution < -0.4 is 5.32 Å². The van der Waals surface area contributed by atoms with Crippen LogP contribution >= 0.6 is 0 Å². The number of rotatable bonds is 3. The predicted molar refractivity (Wildman–Crippen MR) is 54.4 cm³/mol. The number of amides is 1. The highest BCUT2D eigenvalue weighted by atomic mass is 16.5. The van der Waals surface area contributed by atoms with Crippen molar-refractivity contribution in [1.82, 2.24) is 10.2 Å². The normalized spacial score (nSPS) is 32.3. The number of carbonyl (C=O) groups is 1. The van der Waals surface area contributed by atoms with Crippen molar-refractivity contribution in [2.24, 2.45) is 0 Å². The molecule has 0 spiro atoms. The largest absolute Gasteiger partial charge is 0.394 e. The summed E-state index contributed by atoms with van der Waals surface area (Å²) in [6.45, 7) is 2.84. The summed E-state index contributed by atoms with van der Waals surface area (Å²) in [5, 5.41) is 12.0. The summed E-state index contributed by atoms with van der Waals surface area (Å²) < 4.78 is 5.50. The fourth-order valence-electron chi connectivity index (χ4n) is 2.15. The molecule has 0 bridgehead atoms. The molecule has 0 radical (unpaired) electrons. The Morgan fingerprint density at radius 2 is 2.47 bits per heavy atom. The summed E-state index contributed by atoms with van der Waals surface area (Å²) in [4.78, 5) is 13.6. The molecule has 5 heteroatoms. The van der Waals surface area contributed by atoms with E-state index in [1.807, 2.05) is 0 Å². The van der Waals surface area contributed by atoms with Gasteiger partial charge in [-0.15, -0.1) is 0 Å². The zero-order valence-electron chi connectivity index (χ0n) is 8.82. The summed E-state index contributed by atoms with van der Waals surface area (Å²) >= 11 is 0. The average Bonchev–Trinajstić information content (AvgIpc) is 2.74. The first kappa shape index (κ1) is 10.9. The van der Waals surface area contributed by atoms with E-state index < -0.39 is 6.04 Å². The molecule has 5 nitrogen and oxygen atoms in total. The van der Waals surface area contributed by atoms with Crippen molar-refractivity contribution in [3.8, 4) is 0 Å². The van der Waals surface area contributed by atoms with Gasteiger partial charge in [-0.3, -0.25) is 4.79 Å². The maximum Gasteiger partial charge on any atom is 0.242 e. The Bertz CT molecular complexity index is 229. The van der Waals surface area contributed by atoms with Gasteiger partial charge in [0.05, 0.1) is 12.7 Å². The molecule has 0 aromatic rings. The highest BCUT2D eigenvalue weighted by Crippen LogP contribution is 2.14. The van der Waals surface area contributed by atoms with Gasteiger partial charge in [0.25, 0.3) is 0 Å². The molecule has 0 aliphatic carbocycles. The third-order valence-electron chi connectivity index (χ3n) is 3.01. The fourth-order valence-corrected chi connectivity index (χ4v) is 2.15. The summed E-state index contributed by atoms with van der Waals surface area (Å²) in [6.07, 6.45) is 2.33. The van der Waals surface area contributed by atoms with Crippen molar-refractivity contribution in [3.63, 3.8) is 0 Å². The van der Waals surface area contributed by atoms with E-state index in [2.05, 4.69) is 5.32 Å². The second kappa shape index (κ2) is 4.92. The summed E-state index contributed by atoms with van der Waals surface area (Å²) in [5.41, 5.74) is 0. The Hall–Kier alpha value is -0.650. The number of hydrogen-bond donors (Lipinski definition) is 2. The molecule has 2 aliphatic rings. The molecule has 2 N–H and O–H groups in total. The number of nitrogens with zero attached hydrogens (tertiary/aromatic N) is 1. The highest BCUT2D eigenvalue weighted by Gasteiger charge is 2.30. The Morgan fingerprint density at radius 1 is 1.60 bits per heavy atom. The first-order chi connectivity index (χ1) is 7.31. The van der Waals surface area contributed by atoms with Crippen LogP contribution in [0.5, 0.6) is 0 Å². The topological polar surface area (TPSA) is 61.8 Å². The van der Waals surface area contributed by atoms with Crippen LogP contribution in [0.4, 0.5) is 0 Å². The molecule has 86 valence electrons. The van der Waals surface area contributed by atoms with Crippen molar-refractivity contribution < 1.29 is 14.6 Å². The maximum absolute atomic E-state index is 11.8. The van der Waals surface area contributed by atoms with Crippen LogP contribution in [-0.2, 0) is 9.53 Å². The van der Waals surface area contributed by atoms with Crippen molar-refractivity contribution >= 4 is 5.91 Å². The van der Waals surface area contributed by atoms with E-state index in [1.54, 1.807) is 4.90 Å². The van der Waals surface area contributed by atoms with Gasteiger partial charge in [0, 0.05) is 26.2 Å². The lowest BCUT2D eigenvalue weighted by Crippen LogP contribution is -2.57. The number of nitrogens with one attached hydrogen (secondary N) is 1. The number of piperazine rings is 1. The molecule has 2 fully saturated rings. The Balaban J connectivity index is 1.87. The quantitative estimate of drug-likeness (QED) is 0.630. The van der Waals surface area contributed by atoms with Crippen LogP contribution in [0.15, 0.2) is 0 Å². The lowest BCUT2D eigenvalue weighted by atomic mass is 10.1. The van der Waals surface area contributed by atoms with E-state index >= 15 is 0 Å². The zero-order valence-corrected chi connectivity index (χ0v) is 8.82. The van der Waals surface area contributed by atoms with Gasteiger partial charge in [0.2, 0.25) is 5.91 Å². The fraction of sp³-hybridized carbons (Fsp3) is 0.900. The average molecular weight is 214 g/mol. The van der Waals surface area contributed by atoms with Gasteiger partial charge in [0.1, 0.15) is 6.04 Å². The van der Waals surface area contributed by atoms with Crippen LogP contribution in [-0.4, -0.2) is 60.9 Å². The smallest absolute Gasteiger partial charge is 0.242 e. The van der Waals surface area contributed by atoms with Crippen molar-refractivity contribution in [1.29, 1.82) is 0 Å². The van der Waals surface area contributed by atoms with Gasteiger partial charge in [-0.25, -0.2) is 0 Å². The Labute approximate surface area is 89.4 Å². The summed E-state index contributed by atoms with van der Waals surface area (Å²) in [6, 6.07) is -0.417. The van der Waals surface area contributed by atoms with Crippen LogP contribution in [0.25, 0.3) is 0 Å². The predicted octanol–water partition coefficient (Wildman–Crippen LogP) is -1.04. The molecular weight excluding hydrogens is 196 g/mol. The molecular formula is C10H18N2O3. The first-order valence-corrected chi connectivity index (χ1v) is 5.56. The van der Waals surface area contributed by atoms with Crippen molar-refractivity contribution in [2.75, 3.05) is 32.8 Å².